The Morgan fingerprint density at radius 1 is 1.16 bits per heavy atom. The predicted molar refractivity (Wildman–Crippen MR) is 98.2 cm³/mol. The molecule has 8 heteroatoms. The minimum absolute atomic E-state index is 0. The Bertz CT molecular complexity index is 629. The zero-order chi connectivity index (χ0) is 17.1. The van der Waals surface area contributed by atoms with Gasteiger partial charge >= 0.3 is 0 Å². The summed E-state index contributed by atoms with van der Waals surface area (Å²) in [7, 11) is 0. The third-order valence-electron chi connectivity index (χ3n) is 4.57. The van der Waals surface area contributed by atoms with E-state index in [-0.39, 0.29) is 30.3 Å². The summed E-state index contributed by atoms with van der Waals surface area (Å²) in [4.78, 5) is 28.7. The number of carbonyl (C=O) groups excluding carboxylic acids is 2. The number of hydrogen-bond donors (Lipinski definition) is 2. The van der Waals surface area contributed by atoms with E-state index in [9.17, 15) is 14.7 Å². The SMILES string of the molecule is Cl.O=C(c1cccc(Cl)c1)N1CCCN(C(=O)C2CC(O)CN2)CC1. The first-order valence-electron chi connectivity index (χ1n) is 8.29. The number of halogens is 2. The van der Waals surface area contributed by atoms with E-state index in [4.69, 9.17) is 11.6 Å². The maximum absolute atomic E-state index is 12.6. The van der Waals surface area contributed by atoms with Crippen LogP contribution in [0.4, 0.5) is 0 Å². The monoisotopic (exact) mass is 387 g/mol. The number of carbonyl (C=O) groups is 2. The molecule has 0 radical (unpaired) electrons. The van der Waals surface area contributed by atoms with Crippen LogP contribution in [0.25, 0.3) is 0 Å². The molecule has 1 aromatic carbocycles. The van der Waals surface area contributed by atoms with Crippen LogP contribution in [-0.2, 0) is 4.79 Å². The van der Waals surface area contributed by atoms with E-state index in [2.05, 4.69) is 5.32 Å². The fraction of sp³-hybridized carbons (Fsp3) is 0.529. The number of nitrogens with zero attached hydrogens (tertiary/aromatic N) is 2. The van der Waals surface area contributed by atoms with E-state index in [1.54, 1.807) is 34.1 Å². The highest BCUT2D eigenvalue weighted by molar-refractivity contribution is 6.30. The van der Waals surface area contributed by atoms with E-state index in [0.717, 1.165) is 6.42 Å². The van der Waals surface area contributed by atoms with Gasteiger partial charge in [0.25, 0.3) is 5.91 Å². The van der Waals surface area contributed by atoms with Crippen molar-refractivity contribution in [2.24, 2.45) is 0 Å². The molecule has 2 unspecified atom stereocenters. The predicted octanol–water partition coefficient (Wildman–Crippen LogP) is 1.16. The molecule has 2 heterocycles. The number of nitrogens with one attached hydrogen (secondary N) is 1. The number of rotatable bonds is 2. The van der Waals surface area contributed by atoms with Gasteiger partial charge in [-0.25, -0.2) is 0 Å². The summed E-state index contributed by atoms with van der Waals surface area (Å²) < 4.78 is 0. The van der Waals surface area contributed by atoms with Crippen molar-refractivity contribution in [1.82, 2.24) is 15.1 Å². The summed E-state index contributed by atoms with van der Waals surface area (Å²) in [5.74, 6) is -0.0372. The lowest BCUT2D eigenvalue weighted by Gasteiger charge is -2.24. The highest BCUT2D eigenvalue weighted by Gasteiger charge is 2.32. The average Bonchev–Trinajstić information content (AvgIpc) is 2.86. The minimum atomic E-state index is -0.452. The first-order valence-corrected chi connectivity index (χ1v) is 8.67. The van der Waals surface area contributed by atoms with Crippen LogP contribution in [0.2, 0.25) is 5.02 Å². The summed E-state index contributed by atoms with van der Waals surface area (Å²) in [5.41, 5.74) is 0.572. The van der Waals surface area contributed by atoms with Crippen molar-refractivity contribution < 1.29 is 14.7 Å². The Hall–Kier alpha value is -1.34. The van der Waals surface area contributed by atoms with Gasteiger partial charge in [-0.2, -0.15) is 0 Å². The summed E-state index contributed by atoms with van der Waals surface area (Å²) in [5, 5.41) is 13.2. The van der Waals surface area contributed by atoms with Crippen LogP contribution in [-0.4, -0.2) is 71.6 Å². The molecule has 2 aliphatic rings. The van der Waals surface area contributed by atoms with Crippen LogP contribution in [0.5, 0.6) is 0 Å². The Balaban J connectivity index is 0.00000225. The van der Waals surface area contributed by atoms with Gasteiger partial charge in [-0.05, 0) is 31.0 Å². The Kier molecular flexibility index (Phi) is 7.07. The highest BCUT2D eigenvalue weighted by Crippen LogP contribution is 2.16. The van der Waals surface area contributed by atoms with Crippen molar-refractivity contribution in [1.29, 1.82) is 0 Å². The summed E-state index contributed by atoms with van der Waals surface area (Å²) >= 11 is 5.96. The first-order chi connectivity index (χ1) is 11.5. The molecule has 0 spiro atoms. The first kappa shape index (κ1) is 20.0. The quantitative estimate of drug-likeness (QED) is 0.798. The molecular weight excluding hydrogens is 365 g/mol. The number of hydrogen-bond acceptors (Lipinski definition) is 4. The second-order valence-corrected chi connectivity index (χ2v) is 6.77. The van der Waals surface area contributed by atoms with Gasteiger partial charge in [0.1, 0.15) is 0 Å². The van der Waals surface area contributed by atoms with Crippen molar-refractivity contribution in [3.8, 4) is 0 Å². The van der Waals surface area contributed by atoms with E-state index in [1.165, 1.54) is 0 Å². The molecule has 0 aliphatic carbocycles. The van der Waals surface area contributed by atoms with Crippen LogP contribution in [0.15, 0.2) is 24.3 Å². The molecule has 0 saturated carbocycles. The molecule has 25 heavy (non-hydrogen) atoms. The molecular formula is C17H23Cl2N3O3. The maximum atomic E-state index is 12.6. The van der Waals surface area contributed by atoms with Gasteiger partial charge in [-0.3, -0.25) is 9.59 Å². The third-order valence-corrected chi connectivity index (χ3v) is 4.81. The van der Waals surface area contributed by atoms with E-state index < -0.39 is 6.10 Å². The number of aliphatic hydroxyl groups is 1. The highest BCUT2D eigenvalue weighted by atomic mass is 35.5. The van der Waals surface area contributed by atoms with Gasteiger partial charge in [0.2, 0.25) is 5.91 Å². The van der Waals surface area contributed by atoms with Crippen LogP contribution in [0.3, 0.4) is 0 Å². The molecule has 2 N–H and O–H groups in total. The Morgan fingerprint density at radius 2 is 1.88 bits per heavy atom. The van der Waals surface area contributed by atoms with Crippen molar-refractivity contribution in [2.75, 3.05) is 32.7 Å². The van der Waals surface area contributed by atoms with Gasteiger partial charge in [0, 0.05) is 43.3 Å². The molecule has 3 rings (SSSR count). The minimum Gasteiger partial charge on any atom is -0.392 e. The second-order valence-electron chi connectivity index (χ2n) is 6.33. The third kappa shape index (κ3) is 4.85. The molecule has 2 amide bonds. The molecule has 0 bridgehead atoms. The van der Waals surface area contributed by atoms with E-state index in [0.29, 0.717) is 49.7 Å². The zero-order valence-corrected chi connectivity index (χ0v) is 15.4. The molecule has 0 aromatic heterocycles. The molecule has 6 nitrogen and oxygen atoms in total. The average molecular weight is 388 g/mol. The largest absolute Gasteiger partial charge is 0.392 e. The van der Waals surface area contributed by atoms with E-state index in [1.807, 2.05) is 0 Å². The number of aliphatic hydroxyl groups excluding tert-OH is 1. The lowest BCUT2D eigenvalue weighted by Crippen LogP contribution is -2.45. The van der Waals surface area contributed by atoms with Crippen LogP contribution in [0.1, 0.15) is 23.2 Å². The van der Waals surface area contributed by atoms with Crippen LogP contribution in [0, 0.1) is 0 Å². The smallest absolute Gasteiger partial charge is 0.253 e. The number of amides is 2. The molecule has 1 aromatic rings. The molecule has 2 fully saturated rings. The fourth-order valence-electron chi connectivity index (χ4n) is 3.27. The topological polar surface area (TPSA) is 72.9 Å². The van der Waals surface area contributed by atoms with Gasteiger partial charge in [0.15, 0.2) is 0 Å². The summed E-state index contributed by atoms with van der Waals surface area (Å²) in [6.45, 7) is 2.73. The van der Waals surface area contributed by atoms with Gasteiger partial charge in [-0.15, -0.1) is 12.4 Å². The zero-order valence-electron chi connectivity index (χ0n) is 13.9. The maximum Gasteiger partial charge on any atom is 0.253 e. The van der Waals surface area contributed by atoms with Crippen molar-refractivity contribution in [3.63, 3.8) is 0 Å². The lowest BCUT2D eigenvalue weighted by atomic mass is 10.2. The molecule has 2 aliphatic heterocycles. The van der Waals surface area contributed by atoms with E-state index >= 15 is 0 Å². The van der Waals surface area contributed by atoms with Gasteiger partial charge in [-0.1, -0.05) is 17.7 Å². The molecule has 2 atom stereocenters. The molecule has 2 saturated heterocycles. The van der Waals surface area contributed by atoms with Crippen molar-refractivity contribution in [2.45, 2.75) is 25.0 Å². The fourth-order valence-corrected chi connectivity index (χ4v) is 3.46. The van der Waals surface area contributed by atoms with Crippen LogP contribution < -0.4 is 5.32 Å². The summed E-state index contributed by atoms with van der Waals surface area (Å²) in [6.07, 6.45) is 0.750. The standard InChI is InChI=1S/C17H22ClN3O3.ClH/c18-13-4-1-3-12(9-13)16(23)20-5-2-6-21(8-7-20)17(24)15-10-14(22)11-19-15;/h1,3-4,9,14-15,19,22H,2,5-8,10-11H2;1H. The van der Waals surface area contributed by atoms with Gasteiger partial charge in [0.05, 0.1) is 12.1 Å². The summed E-state index contributed by atoms with van der Waals surface area (Å²) in [6, 6.07) is 6.62. The van der Waals surface area contributed by atoms with Crippen molar-refractivity contribution in [3.05, 3.63) is 34.9 Å². The molecule has 138 valence electrons. The van der Waals surface area contributed by atoms with Crippen molar-refractivity contribution >= 4 is 35.8 Å². The lowest BCUT2D eigenvalue weighted by molar-refractivity contribution is -0.133. The van der Waals surface area contributed by atoms with Gasteiger partial charge < -0.3 is 20.2 Å². The van der Waals surface area contributed by atoms with Crippen LogP contribution >= 0.6 is 24.0 Å². The number of β-amino-alcohol motifs (C(OH)–C–C–N with tert-alkyl or cyclic N) is 1. The number of benzene rings is 1. The Labute approximate surface area is 158 Å². The Morgan fingerprint density at radius 3 is 2.56 bits per heavy atom. The normalized spacial score (nSPS) is 23.8. The second kappa shape index (κ2) is 8.85.